The summed E-state index contributed by atoms with van der Waals surface area (Å²) in [6, 6.07) is -5.17. The van der Waals surface area contributed by atoms with E-state index >= 15 is 0 Å². The van der Waals surface area contributed by atoms with Crippen LogP contribution in [0, 0.1) is 0 Å². The Morgan fingerprint density at radius 1 is 0.526 bits per heavy atom. The molecular formula is C48H77N13O17. The first-order valence-corrected chi connectivity index (χ1v) is 25.1. The number of carbonyl (C=O) groups is 13. The number of aliphatic hydroxyl groups is 2. The topological polar surface area (TPSA) is 479 Å². The molecule has 18 N–H and O–H groups in total. The standard InChI is InChI=1S/C48H77N13O17/c1-25(53-38(67)23-52-29(5)64)41(69)56-33(18-19-37(51)66)43(71)59-35(22-31-14-8-7-9-15-31)45(73)60-36(24-62)46(74)57-32(16-10-12-20-49)44(72)61-39(28(4)63)47(75)55-26(2)40(68)54-27(3)42(70)58-34(17-11-13-21-50)48(76)78-77-30(6)65/h7-9,14-15,25-28,32-36,39,62-63H,10-13,16-24,49-50H2,1-6H3,(H2,51,66)(H,52,64)(H,53,67)(H,54,68)(H,55,75)(H,56,69)(H,57,74)(H,58,70)(H,59,71)(H,60,73)(H,61,72)/t25-,26-,27-,28+,32-,33-,34-,35-,36-,39-/m0/s1. The number of aliphatic hydroxyl groups excluding tert-OH is 2. The van der Waals surface area contributed by atoms with Gasteiger partial charge in [-0.1, -0.05) is 30.3 Å². The fourth-order valence-corrected chi connectivity index (χ4v) is 6.87. The number of hydrogen-bond acceptors (Lipinski definition) is 19. The van der Waals surface area contributed by atoms with Gasteiger partial charge in [-0.05, 0) is 91.3 Å². The quantitative estimate of drug-likeness (QED) is 0.0171. The predicted molar refractivity (Wildman–Crippen MR) is 274 cm³/mol. The zero-order valence-electron chi connectivity index (χ0n) is 44.6. The number of hydrogen-bond donors (Lipinski definition) is 15. The lowest BCUT2D eigenvalue weighted by Crippen LogP contribution is -2.62. The minimum atomic E-state index is -1.79. The van der Waals surface area contributed by atoms with Gasteiger partial charge in [0, 0.05) is 26.7 Å². The van der Waals surface area contributed by atoms with Crippen LogP contribution in [0.2, 0.25) is 0 Å². The van der Waals surface area contributed by atoms with Crippen LogP contribution in [-0.4, -0.2) is 174 Å². The summed E-state index contributed by atoms with van der Waals surface area (Å²) in [5, 5.41) is 44.7. The summed E-state index contributed by atoms with van der Waals surface area (Å²) in [5.74, 6) is -12.0. The summed E-state index contributed by atoms with van der Waals surface area (Å²) >= 11 is 0. The first-order valence-electron chi connectivity index (χ1n) is 25.1. The zero-order chi connectivity index (χ0) is 59.1. The monoisotopic (exact) mass is 1110 g/mol. The molecule has 0 saturated heterocycles. The van der Waals surface area contributed by atoms with Gasteiger partial charge in [0.15, 0.2) is 0 Å². The second-order valence-corrected chi connectivity index (χ2v) is 18.1. The van der Waals surface area contributed by atoms with Gasteiger partial charge in [-0.3, -0.25) is 52.7 Å². The molecule has 1 aromatic rings. The molecule has 0 aromatic heterocycles. The lowest BCUT2D eigenvalue weighted by molar-refractivity contribution is -0.258. The first-order chi connectivity index (χ1) is 36.7. The van der Waals surface area contributed by atoms with Gasteiger partial charge < -0.3 is 80.6 Å². The zero-order valence-corrected chi connectivity index (χ0v) is 44.6. The molecule has 0 aliphatic rings. The molecule has 0 aliphatic heterocycles. The van der Waals surface area contributed by atoms with Crippen molar-refractivity contribution >= 4 is 76.9 Å². The van der Waals surface area contributed by atoms with Crippen LogP contribution in [0.25, 0.3) is 0 Å². The minimum absolute atomic E-state index is 0.0419. The van der Waals surface area contributed by atoms with E-state index in [1.807, 2.05) is 0 Å². The lowest BCUT2D eigenvalue weighted by atomic mass is 10.0. The number of nitrogens with one attached hydrogen (secondary N) is 10. The third kappa shape index (κ3) is 26.8. The van der Waals surface area contributed by atoms with E-state index in [1.54, 1.807) is 30.3 Å². The molecule has 0 unspecified atom stereocenters. The average Bonchev–Trinajstić information content (AvgIpc) is 3.38. The fraction of sp³-hybridized carbons (Fsp3) is 0.604. The van der Waals surface area contributed by atoms with E-state index in [4.69, 9.17) is 17.2 Å². The molecule has 0 bridgehead atoms. The third-order valence-corrected chi connectivity index (χ3v) is 11.2. The Kier molecular flexibility index (Phi) is 31.7. The number of unbranched alkanes of at least 4 members (excludes halogenated alkanes) is 2. The molecule has 10 atom stereocenters. The second-order valence-electron chi connectivity index (χ2n) is 18.1. The molecule has 436 valence electrons. The Morgan fingerprint density at radius 2 is 0.974 bits per heavy atom. The highest BCUT2D eigenvalue weighted by Gasteiger charge is 2.35. The fourth-order valence-electron chi connectivity index (χ4n) is 6.87. The van der Waals surface area contributed by atoms with E-state index in [2.05, 4.69) is 62.9 Å². The van der Waals surface area contributed by atoms with Crippen molar-refractivity contribution in [3.05, 3.63) is 35.9 Å². The number of carbonyl (C=O) groups excluding carboxylic acids is 13. The van der Waals surface area contributed by atoms with Crippen molar-refractivity contribution in [1.82, 2.24) is 53.2 Å². The normalized spacial score (nSPS) is 14.6. The van der Waals surface area contributed by atoms with Crippen LogP contribution in [-0.2, 0) is 78.5 Å². The average molecular weight is 1110 g/mol. The Hall–Kier alpha value is -7.83. The molecule has 0 fully saturated rings. The first kappa shape index (κ1) is 68.2. The van der Waals surface area contributed by atoms with E-state index in [9.17, 15) is 72.5 Å². The summed E-state index contributed by atoms with van der Waals surface area (Å²) in [5.41, 5.74) is 17.0. The van der Waals surface area contributed by atoms with Crippen molar-refractivity contribution in [2.24, 2.45) is 17.2 Å². The van der Waals surface area contributed by atoms with Gasteiger partial charge in [-0.25, -0.2) is 19.4 Å². The molecule has 0 heterocycles. The summed E-state index contributed by atoms with van der Waals surface area (Å²) in [6.45, 7) is 6.05. The van der Waals surface area contributed by atoms with E-state index < -0.39 is 157 Å². The minimum Gasteiger partial charge on any atom is -0.394 e. The van der Waals surface area contributed by atoms with Gasteiger partial charge in [0.1, 0.15) is 54.4 Å². The second kappa shape index (κ2) is 36.2. The molecule has 11 amide bonds. The van der Waals surface area contributed by atoms with Crippen molar-refractivity contribution in [2.45, 2.75) is 160 Å². The number of rotatable bonds is 35. The maximum Gasteiger partial charge on any atom is 0.377 e. The van der Waals surface area contributed by atoms with Gasteiger partial charge in [0.2, 0.25) is 65.0 Å². The molecular weight excluding hydrogens is 1030 g/mol. The van der Waals surface area contributed by atoms with Gasteiger partial charge in [0.25, 0.3) is 0 Å². The van der Waals surface area contributed by atoms with Crippen LogP contribution in [0.15, 0.2) is 30.3 Å². The van der Waals surface area contributed by atoms with Crippen molar-refractivity contribution in [2.75, 3.05) is 26.2 Å². The summed E-state index contributed by atoms with van der Waals surface area (Å²) in [7, 11) is 0. The molecule has 30 heteroatoms. The van der Waals surface area contributed by atoms with Crippen LogP contribution < -0.4 is 70.4 Å². The van der Waals surface area contributed by atoms with Crippen molar-refractivity contribution in [3.8, 4) is 0 Å². The number of primary amides is 1. The van der Waals surface area contributed by atoms with Crippen molar-refractivity contribution < 1.29 is 82.3 Å². The maximum absolute atomic E-state index is 14.0. The molecule has 0 spiro atoms. The highest BCUT2D eigenvalue weighted by molar-refractivity contribution is 5.98. The Bertz CT molecular complexity index is 2220. The van der Waals surface area contributed by atoms with Gasteiger partial charge in [0.05, 0.1) is 19.3 Å². The van der Waals surface area contributed by atoms with E-state index in [1.165, 1.54) is 27.7 Å². The summed E-state index contributed by atoms with van der Waals surface area (Å²) in [6.07, 6.45) is -1.26. The molecule has 0 saturated carbocycles. The number of amides is 11. The van der Waals surface area contributed by atoms with E-state index in [0.29, 0.717) is 24.8 Å². The van der Waals surface area contributed by atoms with Crippen LogP contribution >= 0.6 is 0 Å². The van der Waals surface area contributed by atoms with Gasteiger partial charge >= 0.3 is 11.9 Å². The predicted octanol–water partition coefficient (Wildman–Crippen LogP) is -6.29. The molecule has 30 nitrogen and oxygen atoms in total. The largest absolute Gasteiger partial charge is 0.394 e. The Morgan fingerprint density at radius 3 is 1.50 bits per heavy atom. The van der Waals surface area contributed by atoms with Crippen LogP contribution in [0.4, 0.5) is 0 Å². The molecule has 78 heavy (non-hydrogen) atoms. The maximum atomic E-state index is 14.0. The number of benzene rings is 1. The molecule has 1 rings (SSSR count). The van der Waals surface area contributed by atoms with Crippen LogP contribution in [0.3, 0.4) is 0 Å². The van der Waals surface area contributed by atoms with Crippen molar-refractivity contribution in [1.29, 1.82) is 0 Å². The van der Waals surface area contributed by atoms with Gasteiger partial charge in [-0.2, -0.15) is 0 Å². The van der Waals surface area contributed by atoms with Crippen LogP contribution in [0.1, 0.15) is 98.5 Å². The summed E-state index contributed by atoms with van der Waals surface area (Å²) < 4.78 is 0. The molecule has 1 aromatic carbocycles. The third-order valence-electron chi connectivity index (χ3n) is 11.2. The Balaban J connectivity index is 3.28. The lowest BCUT2D eigenvalue weighted by Gasteiger charge is -2.28. The van der Waals surface area contributed by atoms with Crippen molar-refractivity contribution in [3.63, 3.8) is 0 Å². The Labute approximate surface area is 450 Å². The number of nitrogens with two attached hydrogens (primary N) is 3. The highest BCUT2D eigenvalue weighted by atomic mass is 17.2. The van der Waals surface area contributed by atoms with E-state index in [0.717, 1.165) is 13.8 Å². The SMILES string of the molecule is CC(=O)NCC(=O)N[C@@H](C)C(=O)N[C@@H](CCC(N)=O)C(=O)N[C@@H](Cc1ccccc1)C(=O)N[C@@H](CO)C(=O)N[C@@H](CCCCN)C(=O)N[C@H](C(=O)N[C@@H](C)C(=O)N[C@@H](C)C(=O)N[C@@H](CCCCN)C(=O)OOC(C)=O)[C@@H](C)O. The molecule has 0 aliphatic carbocycles. The van der Waals surface area contributed by atoms with Crippen LogP contribution in [0.5, 0.6) is 0 Å². The summed E-state index contributed by atoms with van der Waals surface area (Å²) in [4.78, 5) is 176. The van der Waals surface area contributed by atoms with Gasteiger partial charge in [-0.15, -0.1) is 0 Å². The smallest absolute Gasteiger partial charge is 0.377 e. The molecule has 0 radical (unpaired) electrons. The highest BCUT2D eigenvalue weighted by Crippen LogP contribution is 2.09. The van der Waals surface area contributed by atoms with E-state index in [-0.39, 0.29) is 45.2 Å².